The largest absolute Gasteiger partial charge is 0.464 e. The van der Waals surface area contributed by atoms with Gasteiger partial charge in [-0.15, -0.1) is 0 Å². The standard InChI is InChI=1S/C11H15N5O3/c1-4-7-14-9(11(17)18-3)10(12)16(7)5-8-13-6(2)15-19-8/h4-5,12H2,1-3H3. The highest BCUT2D eigenvalue weighted by Crippen LogP contribution is 2.17. The predicted octanol–water partition coefficient (Wildman–Crippen LogP) is 0.554. The average Bonchev–Trinajstić information content (AvgIpc) is 2.94. The third-order valence-electron chi connectivity index (χ3n) is 2.64. The first-order valence-corrected chi connectivity index (χ1v) is 5.79. The van der Waals surface area contributed by atoms with Crippen LogP contribution in [0.4, 0.5) is 5.82 Å². The molecule has 19 heavy (non-hydrogen) atoms. The molecule has 0 fully saturated rings. The second-order valence-corrected chi connectivity index (χ2v) is 3.93. The van der Waals surface area contributed by atoms with Gasteiger partial charge in [0.05, 0.1) is 7.11 Å². The van der Waals surface area contributed by atoms with Gasteiger partial charge in [0.2, 0.25) is 5.89 Å². The van der Waals surface area contributed by atoms with E-state index in [-0.39, 0.29) is 18.1 Å². The maximum absolute atomic E-state index is 11.5. The second-order valence-electron chi connectivity index (χ2n) is 3.93. The van der Waals surface area contributed by atoms with Crippen LogP contribution in [0, 0.1) is 6.92 Å². The Morgan fingerprint density at radius 2 is 2.21 bits per heavy atom. The number of anilines is 1. The van der Waals surface area contributed by atoms with E-state index in [0.717, 1.165) is 0 Å². The first-order chi connectivity index (χ1) is 9.06. The molecule has 0 spiro atoms. The third-order valence-corrected chi connectivity index (χ3v) is 2.64. The van der Waals surface area contributed by atoms with Gasteiger partial charge in [0, 0.05) is 6.42 Å². The van der Waals surface area contributed by atoms with Crippen molar-refractivity contribution in [3.05, 3.63) is 23.2 Å². The Kier molecular flexibility index (Phi) is 3.50. The van der Waals surface area contributed by atoms with E-state index in [9.17, 15) is 4.79 Å². The average molecular weight is 265 g/mol. The maximum Gasteiger partial charge on any atom is 0.360 e. The van der Waals surface area contributed by atoms with Crippen molar-refractivity contribution in [2.24, 2.45) is 0 Å². The molecule has 2 aromatic rings. The predicted molar refractivity (Wildman–Crippen MR) is 65.5 cm³/mol. The lowest BCUT2D eigenvalue weighted by atomic mass is 10.4. The van der Waals surface area contributed by atoms with E-state index in [4.69, 9.17) is 10.3 Å². The highest BCUT2D eigenvalue weighted by Gasteiger charge is 2.21. The number of nitrogen functional groups attached to an aromatic ring is 1. The Hall–Kier alpha value is -2.38. The maximum atomic E-state index is 11.5. The van der Waals surface area contributed by atoms with Crippen molar-refractivity contribution < 1.29 is 14.1 Å². The number of carbonyl (C=O) groups excluding carboxylic acids is 1. The van der Waals surface area contributed by atoms with Gasteiger partial charge in [-0.3, -0.25) is 0 Å². The van der Waals surface area contributed by atoms with Crippen molar-refractivity contribution in [2.75, 3.05) is 12.8 Å². The Morgan fingerprint density at radius 3 is 2.74 bits per heavy atom. The van der Waals surface area contributed by atoms with Crippen LogP contribution in [0.15, 0.2) is 4.52 Å². The van der Waals surface area contributed by atoms with Crippen LogP contribution in [0.1, 0.15) is 35.0 Å². The van der Waals surface area contributed by atoms with Crippen LogP contribution >= 0.6 is 0 Å². The summed E-state index contributed by atoms with van der Waals surface area (Å²) in [7, 11) is 1.29. The van der Waals surface area contributed by atoms with Crippen molar-refractivity contribution in [2.45, 2.75) is 26.8 Å². The molecule has 2 N–H and O–H groups in total. The van der Waals surface area contributed by atoms with Gasteiger partial charge in [0.15, 0.2) is 11.5 Å². The van der Waals surface area contributed by atoms with E-state index in [1.54, 1.807) is 11.5 Å². The monoisotopic (exact) mass is 265 g/mol. The van der Waals surface area contributed by atoms with Crippen molar-refractivity contribution in [3.63, 3.8) is 0 Å². The van der Waals surface area contributed by atoms with Gasteiger partial charge < -0.3 is 19.6 Å². The topological polar surface area (TPSA) is 109 Å². The highest BCUT2D eigenvalue weighted by atomic mass is 16.5. The third kappa shape index (κ3) is 2.42. The minimum Gasteiger partial charge on any atom is -0.464 e. The van der Waals surface area contributed by atoms with Crippen molar-refractivity contribution in [1.29, 1.82) is 0 Å². The molecule has 8 heteroatoms. The number of nitrogens with zero attached hydrogens (tertiary/aromatic N) is 4. The van der Waals surface area contributed by atoms with Gasteiger partial charge in [-0.05, 0) is 6.92 Å². The normalized spacial score (nSPS) is 10.7. The van der Waals surface area contributed by atoms with E-state index in [2.05, 4.69) is 19.9 Å². The van der Waals surface area contributed by atoms with Gasteiger partial charge in [0.1, 0.15) is 18.2 Å². The summed E-state index contributed by atoms with van der Waals surface area (Å²) in [5.74, 6) is 1.29. The molecule has 0 bridgehead atoms. The molecule has 8 nitrogen and oxygen atoms in total. The van der Waals surface area contributed by atoms with Crippen LogP contribution in [0.2, 0.25) is 0 Å². The summed E-state index contributed by atoms with van der Waals surface area (Å²) in [4.78, 5) is 19.8. The summed E-state index contributed by atoms with van der Waals surface area (Å²) in [5.41, 5.74) is 6.03. The summed E-state index contributed by atoms with van der Waals surface area (Å²) in [5, 5.41) is 3.70. The first-order valence-electron chi connectivity index (χ1n) is 5.79. The Labute approximate surface area is 109 Å². The Bertz CT molecular complexity index is 601. The van der Waals surface area contributed by atoms with E-state index in [0.29, 0.717) is 24.0 Å². The highest BCUT2D eigenvalue weighted by molar-refractivity contribution is 5.92. The number of aryl methyl sites for hydroxylation is 2. The molecule has 0 aromatic carbocycles. The smallest absolute Gasteiger partial charge is 0.360 e. The first kappa shape index (κ1) is 13.1. The minimum atomic E-state index is -0.562. The number of esters is 1. The molecule has 0 radical (unpaired) electrons. The number of nitrogens with two attached hydrogens (primary N) is 1. The van der Waals surface area contributed by atoms with Crippen LogP contribution in [-0.4, -0.2) is 32.8 Å². The molecule has 0 aliphatic heterocycles. The van der Waals surface area contributed by atoms with Crippen molar-refractivity contribution >= 4 is 11.8 Å². The minimum absolute atomic E-state index is 0.107. The zero-order chi connectivity index (χ0) is 14.0. The molecule has 2 rings (SSSR count). The summed E-state index contributed by atoms with van der Waals surface area (Å²) in [6, 6.07) is 0. The van der Waals surface area contributed by atoms with Gasteiger partial charge >= 0.3 is 5.97 Å². The van der Waals surface area contributed by atoms with E-state index < -0.39 is 5.97 Å². The molecular weight excluding hydrogens is 250 g/mol. The number of hydrogen-bond donors (Lipinski definition) is 1. The van der Waals surface area contributed by atoms with Gasteiger partial charge in [-0.2, -0.15) is 4.98 Å². The van der Waals surface area contributed by atoms with Crippen LogP contribution in [-0.2, 0) is 17.7 Å². The summed E-state index contributed by atoms with van der Waals surface area (Å²) in [6.07, 6.45) is 0.619. The molecule has 0 saturated heterocycles. The van der Waals surface area contributed by atoms with E-state index >= 15 is 0 Å². The SMILES string of the molecule is CCc1nc(C(=O)OC)c(N)n1Cc1nc(C)no1. The molecule has 0 atom stereocenters. The number of aromatic nitrogens is 4. The lowest BCUT2D eigenvalue weighted by Crippen LogP contribution is -2.10. The summed E-state index contributed by atoms with van der Waals surface area (Å²) >= 11 is 0. The quantitative estimate of drug-likeness (QED) is 0.804. The Balaban J connectivity index is 2.38. The lowest BCUT2D eigenvalue weighted by molar-refractivity contribution is 0.0595. The number of ether oxygens (including phenoxy) is 1. The number of carbonyl (C=O) groups is 1. The van der Waals surface area contributed by atoms with Crippen LogP contribution < -0.4 is 5.73 Å². The molecule has 0 aliphatic rings. The van der Waals surface area contributed by atoms with Crippen molar-refractivity contribution in [1.82, 2.24) is 19.7 Å². The molecule has 102 valence electrons. The lowest BCUT2D eigenvalue weighted by Gasteiger charge is -2.05. The zero-order valence-corrected chi connectivity index (χ0v) is 11.0. The van der Waals surface area contributed by atoms with E-state index in [1.807, 2.05) is 6.92 Å². The molecule has 0 amide bonds. The fourth-order valence-electron chi connectivity index (χ4n) is 1.75. The van der Waals surface area contributed by atoms with Crippen LogP contribution in [0.5, 0.6) is 0 Å². The number of hydrogen-bond acceptors (Lipinski definition) is 7. The van der Waals surface area contributed by atoms with Crippen molar-refractivity contribution in [3.8, 4) is 0 Å². The fourth-order valence-corrected chi connectivity index (χ4v) is 1.75. The van der Waals surface area contributed by atoms with E-state index in [1.165, 1.54) is 7.11 Å². The summed E-state index contributed by atoms with van der Waals surface area (Å²) in [6.45, 7) is 3.92. The number of methoxy groups -OCH3 is 1. The number of imidazole rings is 1. The van der Waals surface area contributed by atoms with Crippen LogP contribution in [0.25, 0.3) is 0 Å². The molecule has 2 aromatic heterocycles. The van der Waals surface area contributed by atoms with Gasteiger partial charge in [-0.25, -0.2) is 9.78 Å². The molecule has 0 unspecified atom stereocenters. The number of rotatable bonds is 4. The fraction of sp³-hybridized carbons (Fsp3) is 0.455. The second kappa shape index (κ2) is 5.09. The summed E-state index contributed by atoms with van der Waals surface area (Å²) < 4.78 is 11.3. The molecule has 2 heterocycles. The Morgan fingerprint density at radius 1 is 1.47 bits per heavy atom. The van der Waals surface area contributed by atoms with Crippen LogP contribution in [0.3, 0.4) is 0 Å². The molecule has 0 saturated carbocycles. The van der Waals surface area contributed by atoms with Gasteiger partial charge in [0.25, 0.3) is 0 Å². The zero-order valence-electron chi connectivity index (χ0n) is 11.0. The van der Waals surface area contributed by atoms with Gasteiger partial charge in [-0.1, -0.05) is 12.1 Å². The molecule has 0 aliphatic carbocycles. The molecular formula is C11H15N5O3.